The van der Waals surface area contributed by atoms with E-state index in [2.05, 4.69) is 31.0 Å². The number of hydrogen-bond donors (Lipinski definition) is 3. The molecule has 0 saturated carbocycles. The van der Waals surface area contributed by atoms with Gasteiger partial charge in [-0.3, -0.25) is 4.99 Å². The molecular formula is C11H17BrN4O2S. The molecule has 0 aliphatic heterocycles. The Morgan fingerprint density at radius 2 is 2.11 bits per heavy atom. The van der Waals surface area contributed by atoms with E-state index in [-0.39, 0.29) is 17.4 Å². The van der Waals surface area contributed by atoms with Crippen molar-refractivity contribution in [2.45, 2.75) is 11.8 Å². The molecule has 0 spiro atoms. The SMILES string of the molecule is CN=C(N)NCCNS(=O)(=O)c1cc(C)ccc1Br. The molecule has 0 amide bonds. The van der Waals surface area contributed by atoms with Gasteiger partial charge in [0.1, 0.15) is 0 Å². The molecule has 0 bridgehead atoms. The van der Waals surface area contributed by atoms with Crippen LogP contribution >= 0.6 is 15.9 Å². The number of halogens is 1. The Balaban J connectivity index is 2.69. The first-order valence-electron chi connectivity index (χ1n) is 5.59. The molecule has 0 radical (unpaired) electrons. The summed E-state index contributed by atoms with van der Waals surface area (Å²) in [4.78, 5) is 3.93. The van der Waals surface area contributed by atoms with Crippen LogP contribution in [0.3, 0.4) is 0 Å². The van der Waals surface area contributed by atoms with Crippen LogP contribution in [0.2, 0.25) is 0 Å². The number of nitrogens with two attached hydrogens (primary N) is 1. The normalized spacial score (nSPS) is 12.5. The molecule has 8 heteroatoms. The maximum Gasteiger partial charge on any atom is 0.241 e. The molecule has 4 N–H and O–H groups in total. The van der Waals surface area contributed by atoms with Crippen molar-refractivity contribution in [3.63, 3.8) is 0 Å². The average molecular weight is 349 g/mol. The lowest BCUT2D eigenvalue weighted by atomic mass is 10.2. The van der Waals surface area contributed by atoms with E-state index < -0.39 is 10.0 Å². The van der Waals surface area contributed by atoms with Gasteiger partial charge in [-0.25, -0.2) is 13.1 Å². The average Bonchev–Trinajstić information content (AvgIpc) is 2.37. The zero-order chi connectivity index (χ0) is 14.5. The van der Waals surface area contributed by atoms with E-state index in [1.807, 2.05) is 13.0 Å². The third-order valence-electron chi connectivity index (χ3n) is 2.34. The van der Waals surface area contributed by atoms with Crippen LogP contribution < -0.4 is 15.8 Å². The lowest BCUT2D eigenvalue weighted by Gasteiger charge is -2.10. The summed E-state index contributed by atoms with van der Waals surface area (Å²) in [6.45, 7) is 2.43. The Kier molecular flexibility index (Phi) is 5.77. The van der Waals surface area contributed by atoms with Gasteiger partial charge in [0.25, 0.3) is 0 Å². The number of aryl methyl sites for hydroxylation is 1. The van der Waals surface area contributed by atoms with Crippen molar-refractivity contribution in [2.24, 2.45) is 10.7 Å². The maximum atomic E-state index is 12.1. The highest BCUT2D eigenvalue weighted by atomic mass is 79.9. The minimum Gasteiger partial charge on any atom is -0.370 e. The molecule has 0 atom stereocenters. The molecule has 0 fully saturated rings. The highest BCUT2D eigenvalue weighted by molar-refractivity contribution is 9.10. The Morgan fingerprint density at radius 3 is 2.74 bits per heavy atom. The van der Waals surface area contributed by atoms with E-state index >= 15 is 0 Å². The molecule has 0 aliphatic carbocycles. The summed E-state index contributed by atoms with van der Waals surface area (Å²) in [7, 11) is -1.98. The van der Waals surface area contributed by atoms with Crippen molar-refractivity contribution in [2.75, 3.05) is 20.1 Å². The van der Waals surface area contributed by atoms with E-state index in [9.17, 15) is 8.42 Å². The monoisotopic (exact) mass is 348 g/mol. The first-order chi connectivity index (χ1) is 8.86. The van der Waals surface area contributed by atoms with Crippen LogP contribution in [0.25, 0.3) is 0 Å². The first kappa shape index (κ1) is 15.9. The van der Waals surface area contributed by atoms with Gasteiger partial charge in [0, 0.05) is 24.6 Å². The van der Waals surface area contributed by atoms with Crippen molar-refractivity contribution in [3.05, 3.63) is 28.2 Å². The summed E-state index contributed by atoms with van der Waals surface area (Å²) >= 11 is 3.24. The van der Waals surface area contributed by atoms with Crippen molar-refractivity contribution in [1.29, 1.82) is 0 Å². The van der Waals surface area contributed by atoms with Crippen molar-refractivity contribution in [1.82, 2.24) is 10.0 Å². The van der Waals surface area contributed by atoms with Gasteiger partial charge in [0.05, 0.1) is 4.90 Å². The molecule has 19 heavy (non-hydrogen) atoms. The topological polar surface area (TPSA) is 96.6 Å². The van der Waals surface area contributed by atoms with Gasteiger partial charge in [-0.2, -0.15) is 0 Å². The molecule has 0 heterocycles. The number of sulfonamides is 1. The molecule has 0 saturated heterocycles. The molecule has 106 valence electrons. The van der Waals surface area contributed by atoms with Crippen molar-refractivity contribution >= 4 is 31.9 Å². The molecule has 0 unspecified atom stereocenters. The van der Waals surface area contributed by atoms with Crippen LogP contribution in [0.15, 0.2) is 32.6 Å². The minimum atomic E-state index is -3.54. The van der Waals surface area contributed by atoms with Gasteiger partial charge < -0.3 is 11.1 Å². The summed E-state index contributed by atoms with van der Waals surface area (Å²) in [5.41, 5.74) is 6.31. The minimum absolute atomic E-state index is 0.221. The van der Waals surface area contributed by atoms with Crippen LogP contribution in [0, 0.1) is 6.92 Å². The summed E-state index contributed by atoms with van der Waals surface area (Å²) in [5, 5.41) is 2.77. The number of rotatable bonds is 5. The molecule has 0 aromatic heterocycles. The largest absolute Gasteiger partial charge is 0.370 e. The van der Waals surface area contributed by atoms with Gasteiger partial charge in [0.15, 0.2) is 5.96 Å². The van der Waals surface area contributed by atoms with Gasteiger partial charge in [0.2, 0.25) is 10.0 Å². The summed E-state index contributed by atoms with van der Waals surface area (Å²) in [5.74, 6) is 0.274. The van der Waals surface area contributed by atoms with E-state index in [0.717, 1.165) is 5.56 Å². The predicted octanol–water partition coefficient (Wildman–Crippen LogP) is 0.570. The third-order valence-corrected chi connectivity index (χ3v) is 4.80. The van der Waals surface area contributed by atoms with Gasteiger partial charge >= 0.3 is 0 Å². The molecule has 1 rings (SSSR count). The number of nitrogens with zero attached hydrogens (tertiary/aromatic N) is 1. The van der Waals surface area contributed by atoms with E-state index in [0.29, 0.717) is 11.0 Å². The molecule has 6 nitrogen and oxygen atoms in total. The van der Waals surface area contributed by atoms with Crippen LogP contribution in [0.4, 0.5) is 0 Å². The third kappa shape index (κ3) is 4.81. The van der Waals surface area contributed by atoms with Crippen LogP contribution in [0.5, 0.6) is 0 Å². The molecule has 1 aromatic rings. The first-order valence-corrected chi connectivity index (χ1v) is 7.86. The number of aliphatic imine (C=N–C) groups is 1. The summed E-state index contributed by atoms with van der Waals surface area (Å²) < 4.78 is 27.2. The molecular weight excluding hydrogens is 332 g/mol. The highest BCUT2D eigenvalue weighted by Crippen LogP contribution is 2.22. The van der Waals surface area contributed by atoms with E-state index in [4.69, 9.17) is 5.73 Å². The van der Waals surface area contributed by atoms with Crippen molar-refractivity contribution in [3.8, 4) is 0 Å². The second-order valence-electron chi connectivity index (χ2n) is 3.87. The lowest BCUT2D eigenvalue weighted by molar-refractivity contribution is 0.580. The Hall–Kier alpha value is -1.12. The predicted molar refractivity (Wildman–Crippen MR) is 79.6 cm³/mol. The second-order valence-corrected chi connectivity index (χ2v) is 6.46. The van der Waals surface area contributed by atoms with Crippen LogP contribution in [0.1, 0.15) is 5.56 Å². The maximum absolute atomic E-state index is 12.1. The standard InChI is InChI=1S/C11H17BrN4O2S/c1-8-3-4-9(12)10(7-8)19(17,18)16-6-5-15-11(13)14-2/h3-4,7,16H,5-6H2,1-2H3,(H3,13,14,15). The highest BCUT2D eigenvalue weighted by Gasteiger charge is 2.16. The van der Waals surface area contributed by atoms with E-state index in [1.54, 1.807) is 19.2 Å². The Labute approximate surface area is 121 Å². The number of nitrogens with one attached hydrogen (secondary N) is 2. The lowest BCUT2D eigenvalue weighted by Crippen LogP contribution is -2.38. The molecule has 0 aliphatic rings. The second kappa shape index (κ2) is 6.88. The number of hydrogen-bond acceptors (Lipinski definition) is 3. The fourth-order valence-corrected chi connectivity index (χ4v) is 3.43. The summed E-state index contributed by atoms with van der Waals surface area (Å²) in [6.07, 6.45) is 0. The smallest absolute Gasteiger partial charge is 0.241 e. The number of benzene rings is 1. The zero-order valence-electron chi connectivity index (χ0n) is 10.8. The van der Waals surface area contributed by atoms with Gasteiger partial charge in [-0.15, -0.1) is 0 Å². The number of guanidine groups is 1. The van der Waals surface area contributed by atoms with Crippen LogP contribution in [-0.2, 0) is 10.0 Å². The summed E-state index contributed by atoms with van der Waals surface area (Å²) in [6, 6.07) is 5.16. The fourth-order valence-electron chi connectivity index (χ4n) is 1.35. The Morgan fingerprint density at radius 1 is 1.42 bits per heavy atom. The fraction of sp³-hybridized carbons (Fsp3) is 0.364. The van der Waals surface area contributed by atoms with Gasteiger partial charge in [-0.05, 0) is 40.5 Å². The van der Waals surface area contributed by atoms with Crippen LogP contribution in [-0.4, -0.2) is 34.5 Å². The van der Waals surface area contributed by atoms with Crippen molar-refractivity contribution < 1.29 is 8.42 Å². The Bertz CT molecular complexity index is 572. The van der Waals surface area contributed by atoms with E-state index in [1.165, 1.54) is 0 Å². The quantitative estimate of drug-likeness (QED) is 0.411. The van der Waals surface area contributed by atoms with Gasteiger partial charge in [-0.1, -0.05) is 6.07 Å². The zero-order valence-corrected chi connectivity index (χ0v) is 13.2. The molecule has 1 aromatic carbocycles.